The van der Waals surface area contributed by atoms with E-state index in [1.54, 1.807) is 11.3 Å². The molecule has 92 valence electrons. The lowest BCUT2D eigenvalue weighted by Gasteiger charge is -1.96. The largest absolute Gasteiger partial charge is 0.311 e. The number of benzene rings is 1. The molecule has 0 amide bonds. The molecule has 0 saturated heterocycles. The third kappa shape index (κ3) is 2.00. The zero-order valence-electron chi connectivity index (χ0n) is 10.00. The summed E-state index contributed by atoms with van der Waals surface area (Å²) in [6.45, 7) is 3.76. The molecule has 3 aromatic rings. The van der Waals surface area contributed by atoms with E-state index in [2.05, 4.69) is 27.5 Å². The van der Waals surface area contributed by atoms with Crippen LogP contribution in [-0.4, -0.2) is 26.5 Å². The molecule has 3 rings (SSSR count). The Balaban J connectivity index is 1.96. The van der Waals surface area contributed by atoms with Crippen molar-refractivity contribution in [1.82, 2.24) is 25.3 Å². The summed E-state index contributed by atoms with van der Waals surface area (Å²) in [5.74, 6) is 0. The van der Waals surface area contributed by atoms with Crippen molar-refractivity contribution in [2.75, 3.05) is 6.54 Å². The lowest BCUT2D eigenvalue weighted by atomic mass is 10.3. The highest BCUT2D eigenvalue weighted by molar-refractivity contribution is 7.13. The highest BCUT2D eigenvalue weighted by Gasteiger charge is 2.09. The van der Waals surface area contributed by atoms with Gasteiger partial charge in [-0.3, -0.25) is 0 Å². The summed E-state index contributed by atoms with van der Waals surface area (Å²) in [7, 11) is 0. The fourth-order valence-electron chi connectivity index (χ4n) is 1.76. The van der Waals surface area contributed by atoms with Gasteiger partial charge in [0.2, 0.25) is 5.13 Å². The molecular formula is C12H13N5S. The molecule has 18 heavy (non-hydrogen) atoms. The summed E-state index contributed by atoms with van der Waals surface area (Å²) in [5.41, 5.74) is 1.06. The Labute approximate surface area is 108 Å². The van der Waals surface area contributed by atoms with E-state index >= 15 is 0 Å². The quantitative estimate of drug-likeness (QED) is 0.778. The van der Waals surface area contributed by atoms with E-state index in [0.717, 1.165) is 34.1 Å². The molecule has 1 aromatic carbocycles. The normalized spacial score (nSPS) is 11.2. The van der Waals surface area contributed by atoms with Crippen molar-refractivity contribution in [3.63, 3.8) is 0 Å². The number of aromatic nitrogens is 4. The molecule has 5 nitrogen and oxygen atoms in total. The van der Waals surface area contributed by atoms with Crippen molar-refractivity contribution in [3.05, 3.63) is 35.5 Å². The van der Waals surface area contributed by atoms with Gasteiger partial charge in [-0.05, 0) is 12.6 Å². The van der Waals surface area contributed by atoms with Gasteiger partial charge in [-0.15, -0.1) is 10.2 Å². The summed E-state index contributed by atoms with van der Waals surface area (Å²) >= 11 is 1.56. The molecular weight excluding hydrogens is 246 g/mol. The Morgan fingerprint density at radius 1 is 1.28 bits per heavy atom. The first-order valence-corrected chi connectivity index (χ1v) is 6.66. The smallest absolute Gasteiger partial charge is 0.233 e. The van der Waals surface area contributed by atoms with E-state index in [1.807, 2.05) is 35.1 Å². The summed E-state index contributed by atoms with van der Waals surface area (Å²) in [6.07, 6.45) is 1.85. The van der Waals surface area contributed by atoms with Crippen molar-refractivity contribution < 1.29 is 0 Å². The van der Waals surface area contributed by atoms with Gasteiger partial charge in [-0.1, -0.05) is 36.5 Å². The lowest BCUT2D eigenvalue weighted by Crippen LogP contribution is -2.11. The topological polar surface area (TPSA) is 55.6 Å². The molecule has 0 spiro atoms. The van der Waals surface area contributed by atoms with Crippen molar-refractivity contribution in [2.45, 2.75) is 13.5 Å². The van der Waals surface area contributed by atoms with Crippen molar-refractivity contribution >= 4 is 22.2 Å². The predicted octanol–water partition coefficient (Wildman–Crippen LogP) is 1.99. The molecule has 2 aromatic heterocycles. The molecule has 1 N–H and O–H groups in total. The maximum absolute atomic E-state index is 4.36. The second-order valence-corrected chi connectivity index (χ2v) is 4.91. The third-order valence-electron chi connectivity index (χ3n) is 2.64. The van der Waals surface area contributed by atoms with Crippen LogP contribution in [0, 0.1) is 0 Å². The van der Waals surface area contributed by atoms with Gasteiger partial charge in [-0.2, -0.15) is 5.10 Å². The van der Waals surface area contributed by atoms with E-state index in [4.69, 9.17) is 0 Å². The van der Waals surface area contributed by atoms with Crippen molar-refractivity contribution in [2.24, 2.45) is 0 Å². The molecule has 0 aliphatic carbocycles. The molecule has 0 bridgehead atoms. The van der Waals surface area contributed by atoms with Crippen LogP contribution in [0.1, 0.15) is 11.9 Å². The minimum Gasteiger partial charge on any atom is -0.311 e. The molecule has 0 aliphatic rings. The van der Waals surface area contributed by atoms with Gasteiger partial charge in [0.05, 0.1) is 11.7 Å². The lowest BCUT2D eigenvalue weighted by molar-refractivity contribution is 0.714. The van der Waals surface area contributed by atoms with Crippen LogP contribution in [0.15, 0.2) is 30.5 Å². The Morgan fingerprint density at radius 2 is 2.17 bits per heavy atom. The number of nitrogens with zero attached hydrogens (tertiary/aromatic N) is 4. The van der Waals surface area contributed by atoms with Gasteiger partial charge in [0, 0.05) is 11.9 Å². The van der Waals surface area contributed by atoms with Gasteiger partial charge in [0.25, 0.3) is 0 Å². The van der Waals surface area contributed by atoms with Crippen LogP contribution in [0.5, 0.6) is 0 Å². The summed E-state index contributed by atoms with van der Waals surface area (Å²) in [4.78, 5) is 0. The van der Waals surface area contributed by atoms with Crippen molar-refractivity contribution in [3.8, 4) is 5.13 Å². The van der Waals surface area contributed by atoms with Crippen LogP contribution in [0.4, 0.5) is 0 Å². The molecule has 0 atom stereocenters. The monoisotopic (exact) mass is 259 g/mol. The predicted molar refractivity (Wildman–Crippen MR) is 71.9 cm³/mol. The Hall–Kier alpha value is -1.79. The first kappa shape index (κ1) is 11.3. The zero-order valence-corrected chi connectivity index (χ0v) is 10.8. The molecule has 0 fully saturated rings. The van der Waals surface area contributed by atoms with Gasteiger partial charge >= 0.3 is 0 Å². The number of para-hydroxylation sites is 1. The third-order valence-corrected chi connectivity index (χ3v) is 3.54. The van der Waals surface area contributed by atoms with E-state index in [0.29, 0.717) is 0 Å². The SMILES string of the molecule is CCNCc1nnc(-n2ncc3ccccc32)s1. The standard InChI is InChI=1S/C12H13N5S/c1-2-13-8-11-15-16-12(18-11)17-10-6-4-3-5-9(10)7-14-17/h3-7,13H,2,8H2,1H3. The molecule has 0 aliphatic heterocycles. The van der Waals surface area contributed by atoms with Crippen LogP contribution in [0.25, 0.3) is 16.0 Å². The molecule has 6 heteroatoms. The number of hydrogen-bond donors (Lipinski definition) is 1. The van der Waals surface area contributed by atoms with Gasteiger partial charge in [0.15, 0.2) is 0 Å². The van der Waals surface area contributed by atoms with Crippen LogP contribution < -0.4 is 5.32 Å². The molecule has 2 heterocycles. The fraction of sp³-hybridized carbons (Fsp3) is 0.250. The maximum Gasteiger partial charge on any atom is 0.233 e. The summed E-state index contributed by atoms with van der Waals surface area (Å²) in [5, 5.41) is 18.9. The number of fused-ring (bicyclic) bond motifs is 1. The van der Waals surface area contributed by atoms with E-state index in [-0.39, 0.29) is 0 Å². The highest BCUT2D eigenvalue weighted by Crippen LogP contribution is 2.20. The average molecular weight is 259 g/mol. The van der Waals surface area contributed by atoms with Crippen LogP contribution in [0.3, 0.4) is 0 Å². The number of nitrogens with one attached hydrogen (secondary N) is 1. The van der Waals surface area contributed by atoms with Crippen molar-refractivity contribution in [1.29, 1.82) is 0 Å². The Morgan fingerprint density at radius 3 is 3.06 bits per heavy atom. The molecule has 0 radical (unpaired) electrons. The molecule has 0 unspecified atom stereocenters. The zero-order chi connectivity index (χ0) is 12.4. The Bertz CT molecular complexity index is 657. The number of hydrogen-bond acceptors (Lipinski definition) is 5. The number of rotatable bonds is 4. The first-order chi connectivity index (χ1) is 8.88. The van der Waals surface area contributed by atoms with Crippen LogP contribution in [-0.2, 0) is 6.54 Å². The van der Waals surface area contributed by atoms with Crippen LogP contribution >= 0.6 is 11.3 Å². The van der Waals surface area contributed by atoms with Gasteiger partial charge < -0.3 is 5.32 Å². The molecule has 0 saturated carbocycles. The Kier molecular flexibility index (Phi) is 3.04. The van der Waals surface area contributed by atoms with Crippen LogP contribution in [0.2, 0.25) is 0 Å². The minimum atomic E-state index is 0.757. The summed E-state index contributed by atoms with van der Waals surface area (Å²) in [6, 6.07) is 8.08. The minimum absolute atomic E-state index is 0.757. The second-order valence-electron chi connectivity index (χ2n) is 3.87. The van der Waals surface area contributed by atoms with E-state index in [1.165, 1.54) is 0 Å². The fourth-order valence-corrected chi connectivity index (χ4v) is 2.54. The van der Waals surface area contributed by atoms with E-state index in [9.17, 15) is 0 Å². The maximum atomic E-state index is 4.36. The summed E-state index contributed by atoms with van der Waals surface area (Å²) < 4.78 is 1.84. The first-order valence-electron chi connectivity index (χ1n) is 5.84. The highest BCUT2D eigenvalue weighted by atomic mass is 32.1. The van der Waals surface area contributed by atoms with Gasteiger partial charge in [-0.25, -0.2) is 4.68 Å². The van der Waals surface area contributed by atoms with E-state index < -0.39 is 0 Å². The average Bonchev–Trinajstić information content (AvgIpc) is 3.02. The van der Waals surface area contributed by atoms with Gasteiger partial charge in [0.1, 0.15) is 5.01 Å². The second kappa shape index (κ2) is 4.83.